The molecule has 0 unspecified atom stereocenters. The van der Waals surface area contributed by atoms with E-state index in [1.165, 1.54) is 7.11 Å². The number of hydrogen-bond donors (Lipinski definition) is 1. The third-order valence-electron chi connectivity index (χ3n) is 3.66. The molecule has 0 aliphatic heterocycles. The summed E-state index contributed by atoms with van der Waals surface area (Å²) in [7, 11) is 3.20. The number of carbonyl (C=O) groups excluding carboxylic acids is 2. The fraction of sp³-hybridized carbons (Fsp3) is 0.750. The van der Waals surface area contributed by atoms with Gasteiger partial charge in [-0.25, -0.2) is 4.79 Å². The van der Waals surface area contributed by atoms with Gasteiger partial charge in [-0.05, 0) is 26.7 Å². The highest BCUT2D eigenvalue weighted by molar-refractivity contribution is 5.88. The molecular weight excluding hydrogens is 284 g/mol. The Bertz CT molecular complexity index is 407. The van der Waals surface area contributed by atoms with E-state index in [1.54, 1.807) is 38.8 Å². The number of likely N-dealkylation sites (N-methyl/N-ethyl adjacent to an activating group) is 1. The van der Waals surface area contributed by atoms with E-state index in [1.807, 2.05) is 13.8 Å². The van der Waals surface area contributed by atoms with Gasteiger partial charge in [0.1, 0.15) is 6.04 Å². The molecule has 0 radical (unpaired) electrons. The van der Waals surface area contributed by atoms with Crippen LogP contribution in [0.1, 0.15) is 34.6 Å². The van der Waals surface area contributed by atoms with Crippen LogP contribution in [0.5, 0.6) is 0 Å². The summed E-state index contributed by atoms with van der Waals surface area (Å²) in [5, 5.41) is 0. The molecule has 2 N–H and O–H groups in total. The SMILES string of the molecule is CCOC(=O)C(C)=C[C@H](C(C)C)N(C)C(=O)[C@@H](N)[C@H](C)OC. The first-order chi connectivity index (χ1) is 10.2. The van der Waals surface area contributed by atoms with Crippen molar-refractivity contribution in [2.24, 2.45) is 11.7 Å². The lowest BCUT2D eigenvalue weighted by atomic mass is 9.99. The fourth-order valence-electron chi connectivity index (χ4n) is 2.05. The van der Waals surface area contributed by atoms with Crippen LogP contribution in [0, 0.1) is 5.92 Å². The average molecular weight is 314 g/mol. The smallest absolute Gasteiger partial charge is 0.333 e. The minimum absolute atomic E-state index is 0.128. The van der Waals surface area contributed by atoms with Crippen molar-refractivity contribution in [3.05, 3.63) is 11.6 Å². The Hall–Kier alpha value is -1.40. The molecule has 0 rings (SSSR count). The van der Waals surface area contributed by atoms with Crippen molar-refractivity contribution in [1.82, 2.24) is 4.90 Å². The van der Waals surface area contributed by atoms with E-state index in [0.717, 1.165) is 0 Å². The largest absolute Gasteiger partial charge is 0.463 e. The van der Waals surface area contributed by atoms with E-state index >= 15 is 0 Å². The molecule has 0 aliphatic carbocycles. The van der Waals surface area contributed by atoms with Crippen LogP contribution < -0.4 is 5.73 Å². The van der Waals surface area contributed by atoms with E-state index in [-0.39, 0.29) is 29.9 Å². The summed E-state index contributed by atoms with van der Waals surface area (Å²) in [5.74, 6) is -0.465. The summed E-state index contributed by atoms with van der Waals surface area (Å²) in [6.07, 6.45) is 1.38. The molecular formula is C16H30N2O4. The Morgan fingerprint density at radius 1 is 1.27 bits per heavy atom. The normalized spacial score (nSPS) is 16.1. The standard InChI is InChI=1S/C16H30N2O4/c1-8-22-16(20)11(4)9-13(10(2)3)18(6)15(19)14(17)12(5)21-7/h9-10,12-14H,8,17H2,1-7H3/t12-,13+,14-/m0/s1. The van der Waals surface area contributed by atoms with Crippen LogP contribution >= 0.6 is 0 Å². The molecule has 0 aromatic heterocycles. The number of hydrogen-bond acceptors (Lipinski definition) is 5. The minimum Gasteiger partial charge on any atom is -0.463 e. The van der Waals surface area contributed by atoms with Gasteiger partial charge in [0.2, 0.25) is 5.91 Å². The summed E-state index contributed by atoms with van der Waals surface area (Å²) >= 11 is 0. The van der Waals surface area contributed by atoms with Gasteiger partial charge in [0.25, 0.3) is 0 Å². The van der Waals surface area contributed by atoms with Crippen molar-refractivity contribution in [1.29, 1.82) is 0 Å². The lowest BCUT2D eigenvalue weighted by Crippen LogP contribution is -2.52. The molecule has 0 aromatic carbocycles. The van der Waals surface area contributed by atoms with E-state index < -0.39 is 6.04 Å². The van der Waals surface area contributed by atoms with Crippen LogP contribution in [0.2, 0.25) is 0 Å². The maximum absolute atomic E-state index is 12.4. The first-order valence-electron chi connectivity index (χ1n) is 7.57. The molecule has 0 aliphatic rings. The van der Waals surface area contributed by atoms with Gasteiger partial charge in [-0.2, -0.15) is 0 Å². The summed E-state index contributed by atoms with van der Waals surface area (Å²) in [4.78, 5) is 25.7. The predicted octanol–water partition coefficient (Wildman–Crippen LogP) is 1.34. The first-order valence-corrected chi connectivity index (χ1v) is 7.57. The average Bonchev–Trinajstić information content (AvgIpc) is 2.49. The Labute approximate surface area is 133 Å². The van der Waals surface area contributed by atoms with Crippen LogP contribution in [0.25, 0.3) is 0 Å². The van der Waals surface area contributed by atoms with E-state index in [0.29, 0.717) is 12.2 Å². The maximum Gasteiger partial charge on any atom is 0.333 e. The lowest BCUT2D eigenvalue weighted by molar-refractivity contribution is -0.139. The highest BCUT2D eigenvalue weighted by atomic mass is 16.5. The molecule has 128 valence electrons. The Morgan fingerprint density at radius 2 is 1.82 bits per heavy atom. The van der Waals surface area contributed by atoms with Gasteiger partial charge in [0, 0.05) is 19.7 Å². The molecule has 0 saturated heterocycles. The van der Waals surface area contributed by atoms with Gasteiger partial charge in [0.05, 0.1) is 18.8 Å². The van der Waals surface area contributed by atoms with Gasteiger partial charge >= 0.3 is 5.97 Å². The van der Waals surface area contributed by atoms with Crippen molar-refractivity contribution in [3.63, 3.8) is 0 Å². The third-order valence-corrected chi connectivity index (χ3v) is 3.66. The Morgan fingerprint density at radius 3 is 2.23 bits per heavy atom. The van der Waals surface area contributed by atoms with Gasteiger partial charge in [0.15, 0.2) is 0 Å². The topological polar surface area (TPSA) is 81.9 Å². The van der Waals surface area contributed by atoms with Crippen LogP contribution in [0.4, 0.5) is 0 Å². The third kappa shape index (κ3) is 5.77. The second-order valence-electron chi connectivity index (χ2n) is 5.72. The van der Waals surface area contributed by atoms with Crippen LogP contribution in [-0.2, 0) is 19.1 Å². The molecule has 0 bridgehead atoms. The maximum atomic E-state index is 12.4. The summed E-state index contributed by atoms with van der Waals surface area (Å²) in [5.41, 5.74) is 6.40. The van der Waals surface area contributed by atoms with Crippen molar-refractivity contribution in [2.75, 3.05) is 20.8 Å². The Kier molecular flexibility index (Phi) is 8.97. The zero-order chi connectivity index (χ0) is 17.4. The number of nitrogens with two attached hydrogens (primary N) is 1. The number of ether oxygens (including phenoxy) is 2. The van der Waals surface area contributed by atoms with Gasteiger partial charge in [-0.15, -0.1) is 0 Å². The first kappa shape index (κ1) is 20.6. The molecule has 0 aromatic rings. The van der Waals surface area contributed by atoms with E-state index in [2.05, 4.69) is 0 Å². The minimum atomic E-state index is -0.743. The molecule has 0 heterocycles. The van der Waals surface area contributed by atoms with Crippen LogP contribution in [-0.4, -0.2) is 55.7 Å². The molecule has 6 heteroatoms. The van der Waals surface area contributed by atoms with Gasteiger partial charge in [-0.3, -0.25) is 4.79 Å². The lowest BCUT2D eigenvalue weighted by Gasteiger charge is -2.32. The number of nitrogens with zero attached hydrogens (tertiary/aromatic N) is 1. The summed E-state index contributed by atoms with van der Waals surface area (Å²) < 4.78 is 10.1. The summed E-state index contributed by atoms with van der Waals surface area (Å²) in [6, 6.07) is -0.987. The van der Waals surface area contributed by atoms with Crippen molar-refractivity contribution in [3.8, 4) is 0 Å². The molecule has 0 spiro atoms. The zero-order valence-corrected chi connectivity index (χ0v) is 14.8. The van der Waals surface area contributed by atoms with E-state index in [9.17, 15) is 9.59 Å². The predicted molar refractivity (Wildman–Crippen MR) is 86.2 cm³/mol. The van der Waals surface area contributed by atoms with Gasteiger partial charge in [-0.1, -0.05) is 19.9 Å². The van der Waals surface area contributed by atoms with Gasteiger partial charge < -0.3 is 20.1 Å². The van der Waals surface area contributed by atoms with Crippen molar-refractivity contribution >= 4 is 11.9 Å². The molecule has 0 saturated carbocycles. The molecule has 3 atom stereocenters. The number of carbonyl (C=O) groups is 2. The van der Waals surface area contributed by atoms with Crippen LogP contribution in [0.3, 0.4) is 0 Å². The highest BCUT2D eigenvalue weighted by Crippen LogP contribution is 2.15. The van der Waals surface area contributed by atoms with Crippen LogP contribution in [0.15, 0.2) is 11.6 Å². The second-order valence-corrected chi connectivity index (χ2v) is 5.72. The number of rotatable bonds is 8. The number of amides is 1. The monoisotopic (exact) mass is 314 g/mol. The molecule has 0 fully saturated rings. The quantitative estimate of drug-likeness (QED) is 0.540. The summed E-state index contributed by atoms with van der Waals surface area (Å²) in [6.45, 7) is 9.47. The fourth-order valence-corrected chi connectivity index (χ4v) is 2.05. The van der Waals surface area contributed by atoms with E-state index in [4.69, 9.17) is 15.2 Å². The van der Waals surface area contributed by atoms with Crippen molar-refractivity contribution < 1.29 is 19.1 Å². The Balaban J connectivity index is 5.21. The second kappa shape index (κ2) is 9.58. The molecule has 22 heavy (non-hydrogen) atoms. The number of esters is 1. The molecule has 1 amide bonds. The highest BCUT2D eigenvalue weighted by Gasteiger charge is 2.29. The molecule has 6 nitrogen and oxygen atoms in total. The van der Waals surface area contributed by atoms with Crippen molar-refractivity contribution in [2.45, 2.75) is 52.8 Å². The number of methoxy groups -OCH3 is 1. The zero-order valence-electron chi connectivity index (χ0n) is 14.8.